The molecular formula is C38H53N2O6-. The minimum atomic E-state index is -0.705. The van der Waals surface area contributed by atoms with Crippen molar-refractivity contribution in [3.05, 3.63) is 41.1 Å². The molecule has 5 aliphatic carbocycles. The fourth-order valence-electron chi connectivity index (χ4n) is 11.8. The van der Waals surface area contributed by atoms with Gasteiger partial charge in [-0.1, -0.05) is 66.2 Å². The minimum absolute atomic E-state index is 0.000874. The molecule has 0 saturated heterocycles. The van der Waals surface area contributed by atoms with E-state index < -0.39 is 5.41 Å². The lowest BCUT2D eigenvalue weighted by molar-refractivity contribution is -0.210. The molecule has 0 spiro atoms. The number of allylic oxidation sites excluding steroid dienone is 2. The minimum Gasteiger partial charge on any atom is -0.733 e. The van der Waals surface area contributed by atoms with Gasteiger partial charge in [-0.15, -0.1) is 0 Å². The molecule has 0 radical (unpaired) electrons. The number of para-hydroxylation sites is 2. The van der Waals surface area contributed by atoms with Crippen LogP contribution in [-0.2, 0) is 19.1 Å². The molecule has 8 nitrogen and oxygen atoms in total. The van der Waals surface area contributed by atoms with Crippen LogP contribution in [0.25, 0.3) is 0 Å². The van der Waals surface area contributed by atoms with Gasteiger partial charge in [-0.25, -0.2) is 0 Å². The van der Waals surface area contributed by atoms with Crippen molar-refractivity contribution in [3.8, 4) is 0 Å². The van der Waals surface area contributed by atoms with E-state index in [1.807, 2.05) is 13.0 Å². The summed E-state index contributed by atoms with van der Waals surface area (Å²) in [6, 6.07) is 6.47. The molecular weight excluding hydrogens is 580 g/mol. The van der Waals surface area contributed by atoms with Crippen molar-refractivity contribution >= 4 is 29.0 Å². The maximum atomic E-state index is 14.7. The van der Waals surface area contributed by atoms with E-state index in [9.17, 15) is 24.8 Å². The van der Waals surface area contributed by atoms with Crippen LogP contribution in [0.15, 0.2) is 35.9 Å². The summed E-state index contributed by atoms with van der Waals surface area (Å²) in [5, 5.41) is 24.1. The van der Waals surface area contributed by atoms with Gasteiger partial charge in [-0.2, -0.15) is 0 Å². The zero-order chi connectivity index (χ0) is 33.7. The van der Waals surface area contributed by atoms with Gasteiger partial charge < -0.3 is 20.5 Å². The van der Waals surface area contributed by atoms with Crippen LogP contribution in [0.5, 0.6) is 0 Å². The Kier molecular flexibility index (Phi) is 7.68. The molecule has 1 aromatic carbocycles. The van der Waals surface area contributed by atoms with Gasteiger partial charge in [-0.3, -0.25) is 19.6 Å². The summed E-state index contributed by atoms with van der Waals surface area (Å²) in [5.74, 6) is 0.0709. The van der Waals surface area contributed by atoms with E-state index in [0.29, 0.717) is 12.8 Å². The molecule has 0 aromatic heterocycles. The molecule has 8 heteroatoms. The molecule has 252 valence electrons. The molecule has 0 heterocycles. The Morgan fingerprint density at radius 1 is 0.957 bits per heavy atom. The predicted molar refractivity (Wildman–Crippen MR) is 178 cm³/mol. The number of carbonyl (C=O) groups is 3. The van der Waals surface area contributed by atoms with Crippen molar-refractivity contribution < 1.29 is 24.3 Å². The third-order valence-electron chi connectivity index (χ3n) is 14.7. The number of hydrogen-bond donors (Lipinski definition) is 2. The lowest BCUT2D eigenvalue weighted by Crippen LogP contribution is -2.66. The summed E-state index contributed by atoms with van der Waals surface area (Å²) in [6.07, 6.45) is 9.74. The normalized spacial score (nSPS) is 42.7. The van der Waals surface area contributed by atoms with Crippen molar-refractivity contribution in [1.82, 2.24) is 0 Å². The Labute approximate surface area is 274 Å². The third kappa shape index (κ3) is 4.63. The Hall–Kier alpha value is -2.71. The number of fused-ring (bicyclic) bond motifs is 7. The number of nitrogens with zero attached hydrogens (tertiary/aromatic N) is 1. The van der Waals surface area contributed by atoms with E-state index >= 15 is 0 Å². The average molecular weight is 634 g/mol. The van der Waals surface area contributed by atoms with Gasteiger partial charge in [0.15, 0.2) is 5.78 Å². The Morgan fingerprint density at radius 2 is 1.63 bits per heavy atom. The summed E-state index contributed by atoms with van der Waals surface area (Å²) >= 11 is 0. The third-order valence-corrected chi connectivity index (χ3v) is 14.7. The van der Waals surface area contributed by atoms with Crippen molar-refractivity contribution in [1.29, 1.82) is 0 Å². The number of ketones is 1. The van der Waals surface area contributed by atoms with Crippen LogP contribution in [0.4, 0.5) is 11.4 Å². The van der Waals surface area contributed by atoms with Gasteiger partial charge >= 0.3 is 5.97 Å². The van der Waals surface area contributed by atoms with Crippen molar-refractivity contribution in [2.24, 2.45) is 50.2 Å². The molecule has 4 fully saturated rings. The molecule has 5 aliphatic rings. The van der Waals surface area contributed by atoms with Gasteiger partial charge in [0.1, 0.15) is 6.10 Å². The van der Waals surface area contributed by atoms with Crippen molar-refractivity contribution in [2.45, 2.75) is 119 Å². The number of amides is 1. The maximum absolute atomic E-state index is 14.7. The van der Waals surface area contributed by atoms with E-state index in [-0.39, 0.29) is 85.2 Å². The van der Waals surface area contributed by atoms with Crippen molar-refractivity contribution in [3.63, 3.8) is 0 Å². The average Bonchev–Trinajstić information content (AvgIpc) is 2.96. The van der Waals surface area contributed by atoms with Crippen LogP contribution in [0, 0.1) is 55.5 Å². The first-order valence-electron chi connectivity index (χ1n) is 17.3. The monoisotopic (exact) mass is 633 g/mol. The number of carbonyl (C=O) groups excluding carboxylic acids is 3. The van der Waals surface area contributed by atoms with Crippen LogP contribution in [0.2, 0.25) is 0 Å². The van der Waals surface area contributed by atoms with E-state index in [1.165, 1.54) is 18.6 Å². The summed E-state index contributed by atoms with van der Waals surface area (Å²) in [7, 11) is 0. The second kappa shape index (κ2) is 10.6. The molecule has 1 amide bonds. The Bertz CT molecular complexity index is 1480. The fraction of sp³-hybridized carbons (Fsp3) is 0.711. The number of nitrogens with one attached hydrogen (secondary N) is 1. The predicted octanol–water partition coefficient (Wildman–Crippen LogP) is 8.23. The number of anilines is 2. The van der Waals surface area contributed by atoms with Crippen LogP contribution < -0.4 is 10.5 Å². The van der Waals surface area contributed by atoms with Crippen molar-refractivity contribution in [2.75, 3.05) is 10.5 Å². The smallest absolute Gasteiger partial charge is 0.302 e. The van der Waals surface area contributed by atoms with Crippen LogP contribution in [0.3, 0.4) is 0 Å². The highest BCUT2D eigenvalue weighted by molar-refractivity contribution is 5.98. The largest absolute Gasteiger partial charge is 0.733 e. The van der Waals surface area contributed by atoms with Gasteiger partial charge in [0.25, 0.3) is 0 Å². The SMILES string of the molecule is CC(=O)O[C@@H]1CC[C@]2(C)[C@H](CC[C@]3(C)[C@@H]2C(=O)C=C2[C@@H]4C[C@](C)(C(=O)Nc5ccccc5N([O-])O)CC[C@]4(C)CC[C@@]23C)C1(C)C. The highest BCUT2D eigenvalue weighted by atomic mass is 16.8. The number of esters is 1. The Morgan fingerprint density at radius 3 is 2.30 bits per heavy atom. The first-order chi connectivity index (χ1) is 21.3. The number of benzene rings is 1. The standard InChI is InChI=1S/C38H53N2O6/c1-23(41)46-30-14-15-36(6)29(33(30,2)3)13-16-38(8)31(36)28(42)21-24-25-22-35(5,18-17-34(25,4)19-20-37(24,38)7)32(43)39-26-11-9-10-12-27(26)40(44)45/h9-12,21,25,29-31,44H,13-20,22H2,1-8H3,(H,39,43)/q-1/t25-,29+,30+,31+,34+,35+,36+,37-,38+/m0/s1. The van der Waals surface area contributed by atoms with Gasteiger partial charge in [-0.05, 0) is 109 Å². The first kappa shape index (κ1) is 33.2. The molecule has 9 atom stereocenters. The lowest BCUT2D eigenvalue weighted by atomic mass is 9.33. The van der Waals surface area contributed by atoms with Gasteiger partial charge in [0, 0.05) is 23.7 Å². The molecule has 6 rings (SSSR count). The zero-order valence-corrected chi connectivity index (χ0v) is 29.0. The first-order valence-corrected chi connectivity index (χ1v) is 17.3. The number of hydrogen-bond acceptors (Lipinski definition) is 7. The molecule has 0 bridgehead atoms. The molecule has 1 aromatic rings. The second-order valence-electron chi connectivity index (χ2n) is 17.5. The fourth-order valence-corrected chi connectivity index (χ4v) is 11.8. The topological polar surface area (TPSA) is 119 Å². The molecule has 2 N–H and O–H groups in total. The zero-order valence-electron chi connectivity index (χ0n) is 29.0. The lowest BCUT2D eigenvalue weighted by Gasteiger charge is -2.70. The van der Waals surface area contributed by atoms with Crippen LogP contribution in [-0.4, -0.2) is 29.0 Å². The van der Waals surface area contributed by atoms with Crippen LogP contribution in [0.1, 0.15) is 113 Å². The quantitative estimate of drug-likeness (QED) is 0.253. The second-order valence-corrected chi connectivity index (χ2v) is 17.5. The maximum Gasteiger partial charge on any atom is 0.302 e. The van der Waals surface area contributed by atoms with Gasteiger partial charge in [0.05, 0.1) is 11.4 Å². The van der Waals surface area contributed by atoms with Crippen LogP contribution >= 0.6 is 0 Å². The van der Waals surface area contributed by atoms with E-state index in [1.54, 1.807) is 18.2 Å². The molecule has 4 saturated carbocycles. The molecule has 0 aliphatic heterocycles. The summed E-state index contributed by atoms with van der Waals surface area (Å²) < 4.78 is 5.86. The summed E-state index contributed by atoms with van der Waals surface area (Å²) in [5.41, 5.74) is -0.0246. The van der Waals surface area contributed by atoms with Gasteiger partial charge in [0.2, 0.25) is 5.91 Å². The Balaban J connectivity index is 1.34. The number of rotatable bonds is 4. The summed E-state index contributed by atoms with van der Waals surface area (Å²) in [4.78, 5) is 40.6. The summed E-state index contributed by atoms with van der Waals surface area (Å²) in [6.45, 7) is 17.4. The highest BCUT2D eigenvalue weighted by Gasteiger charge is 2.70. The highest BCUT2D eigenvalue weighted by Crippen LogP contribution is 2.75. The van der Waals surface area contributed by atoms with E-state index in [4.69, 9.17) is 4.74 Å². The van der Waals surface area contributed by atoms with E-state index in [0.717, 1.165) is 44.9 Å². The molecule has 0 unspecified atom stereocenters. The number of ether oxygens (including phenoxy) is 1. The van der Waals surface area contributed by atoms with E-state index in [2.05, 4.69) is 46.9 Å². The molecule has 46 heavy (non-hydrogen) atoms.